The fourth-order valence-electron chi connectivity index (χ4n) is 2.69. The van der Waals surface area contributed by atoms with Crippen molar-refractivity contribution >= 4 is 11.9 Å². The van der Waals surface area contributed by atoms with Gasteiger partial charge in [0.1, 0.15) is 0 Å². The lowest BCUT2D eigenvalue weighted by atomic mass is 9.83. The van der Waals surface area contributed by atoms with Gasteiger partial charge in [-0.1, -0.05) is 19.8 Å². The minimum absolute atomic E-state index is 0.193. The van der Waals surface area contributed by atoms with Crippen molar-refractivity contribution in [1.82, 2.24) is 15.0 Å². The number of nitrogen functional groups attached to an aromatic ring is 1. The van der Waals surface area contributed by atoms with E-state index in [1.165, 1.54) is 32.1 Å². The molecule has 1 aromatic rings. The van der Waals surface area contributed by atoms with Crippen LogP contribution in [0.5, 0.6) is 6.01 Å². The molecule has 1 aliphatic rings. The molecule has 0 aliphatic heterocycles. The lowest BCUT2D eigenvalue weighted by Gasteiger charge is -2.27. The maximum atomic E-state index is 5.66. The lowest BCUT2D eigenvalue weighted by molar-refractivity contribution is 0.303. The highest BCUT2D eigenvalue weighted by Crippen LogP contribution is 2.40. The Morgan fingerprint density at radius 3 is 2.58 bits per heavy atom. The Balaban J connectivity index is 2.02. The van der Waals surface area contributed by atoms with Gasteiger partial charge in [0.2, 0.25) is 11.9 Å². The molecule has 2 rings (SSSR count). The van der Waals surface area contributed by atoms with Crippen molar-refractivity contribution in [3.8, 4) is 6.01 Å². The van der Waals surface area contributed by atoms with Gasteiger partial charge in [-0.15, -0.1) is 0 Å². The van der Waals surface area contributed by atoms with E-state index in [4.69, 9.17) is 10.5 Å². The van der Waals surface area contributed by atoms with Crippen LogP contribution >= 0.6 is 0 Å². The Kier molecular flexibility index (Phi) is 4.39. The van der Waals surface area contributed by atoms with Gasteiger partial charge in [0.25, 0.3) is 0 Å². The quantitative estimate of drug-likeness (QED) is 0.820. The van der Waals surface area contributed by atoms with E-state index in [1.807, 2.05) is 6.92 Å². The zero-order valence-electron chi connectivity index (χ0n) is 11.8. The Bertz CT molecular complexity index is 417. The second-order valence-corrected chi connectivity index (χ2v) is 5.15. The van der Waals surface area contributed by atoms with Crippen LogP contribution < -0.4 is 15.8 Å². The lowest BCUT2D eigenvalue weighted by Crippen LogP contribution is -2.26. The molecule has 0 atom stereocenters. The molecular formula is C13H23N5O. The molecule has 6 heteroatoms. The van der Waals surface area contributed by atoms with Gasteiger partial charge in [-0.25, -0.2) is 0 Å². The van der Waals surface area contributed by atoms with Crippen molar-refractivity contribution in [3.63, 3.8) is 0 Å². The molecule has 0 spiro atoms. The summed E-state index contributed by atoms with van der Waals surface area (Å²) in [6.45, 7) is 5.54. The van der Waals surface area contributed by atoms with E-state index in [0.29, 0.717) is 18.0 Å². The number of nitrogens with one attached hydrogen (secondary N) is 1. The highest BCUT2D eigenvalue weighted by molar-refractivity contribution is 5.32. The van der Waals surface area contributed by atoms with Crippen LogP contribution in [0.2, 0.25) is 0 Å². The van der Waals surface area contributed by atoms with Gasteiger partial charge in [0.15, 0.2) is 0 Å². The molecule has 1 aromatic heterocycles. The van der Waals surface area contributed by atoms with Gasteiger partial charge in [-0.2, -0.15) is 15.0 Å². The summed E-state index contributed by atoms with van der Waals surface area (Å²) in [6.07, 6.45) is 6.36. The highest BCUT2D eigenvalue weighted by atomic mass is 16.5. The zero-order valence-corrected chi connectivity index (χ0v) is 11.8. The summed E-state index contributed by atoms with van der Waals surface area (Å²) in [5.74, 6) is 0.702. The number of anilines is 2. The Morgan fingerprint density at radius 2 is 1.95 bits per heavy atom. The number of hydrogen-bond acceptors (Lipinski definition) is 6. The first-order valence-electron chi connectivity index (χ1n) is 7.06. The third kappa shape index (κ3) is 3.45. The first-order valence-corrected chi connectivity index (χ1v) is 7.06. The van der Waals surface area contributed by atoms with E-state index < -0.39 is 0 Å². The van der Waals surface area contributed by atoms with Gasteiger partial charge in [-0.3, -0.25) is 0 Å². The molecule has 0 aromatic carbocycles. The van der Waals surface area contributed by atoms with Gasteiger partial charge < -0.3 is 15.8 Å². The molecule has 106 valence electrons. The van der Waals surface area contributed by atoms with E-state index in [1.54, 1.807) is 0 Å². The minimum Gasteiger partial charge on any atom is -0.464 e. The summed E-state index contributed by atoms with van der Waals surface area (Å²) in [5.41, 5.74) is 6.04. The summed E-state index contributed by atoms with van der Waals surface area (Å²) in [5, 5.41) is 3.30. The fourth-order valence-corrected chi connectivity index (χ4v) is 2.69. The molecule has 1 aliphatic carbocycles. The van der Waals surface area contributed by atoms with E-state index in [0.717, 1.165) is 6.54 Å². The van der Waals surface area contributed by atoms with Crippen LogP contribution in [0.1, 0.15) is 46.0 Å². The van der Waals surface area contributed by atoms with E-state index in [2.05, 4.69) is 27.2 Å². The number of aromatic nitrogens is 3. The normalized spacial score (nSPS) is 17.4. The van der Waals surface area contributed by atoms with Gasteiger partial charge in [0, 0.05) is 6.54 Å². The van der Waals surface area contributed by atoms with Crippen LogP contribution in [-0.2, 0) is 0 Å². The second-order valence-electron chi connectivity index (χ2n) is 5.15. The largest absolute Gasteiger partial charge is 0.464 e. The van der Waals surface area contributed by atoms with Crippen molar-refractivity contribution in [1.29, 1.82) is 0 Å². The fraction of sp³-hybridized carbons (Fsp3) is 0.769. The topological polar surface area (TPSA) is 86.0 Å². The monoisotopic (exact) mass is 265 g/mol. The Morgan fingerprint density at radius 1 is 1.21 bits per heavy atom. The molecule has 0 bridgehead atoms. The maximum Gasteiger partial charge on any atom is 0.323 e. The molecule has 0 amide bonds. The molecule has 3 N–H and O–H groups in total. The number of nitrogens with two attached hydrogens (primary N) is 1. The van der Waals surface area contributed by atoms with Crippen LogP contribution in [-0.4, -0.2) is 28.1 Å². The molecule has 1 saturated carbocycles. The summed E-state index contributed by atoms with van der Waals surface area (Å²) in [4.78, 5) is 12.3. The molecule has 19 heavy (non-hydrogen) atoms. The smallest absolute Gasteiger partial charge is 0.323 e. The number of rotatable bonds is 6. The number of hydrogen-bond donors (Lipinski definition) is 2. The van der Waals surface area contributed by atoms with Crippen molar-refractivity contribution < 1.29 is 4.74 Å². The molecule has 0 unspecified atom stereocenters. The van der Waals surface area contributed by atoms with Crippen molar-refractivity contribution in [2.45, 2.75) is 46.0 Å². The number of ether oxygens (including phenoxy) is 1. The predicted molar refractivity (Wildman–Crippen MR) is 75.1 cm³/mol. The Labute approximate surface area is 114 Å². The van der Waals surface area contributed by atoms with Crippen LogP contribution in [0.15, 0.2) is 0 Å². The first-order chi connectivity index (χ1) is 9.17. The summed E-state index contributed by atoms with van der Waals surface area (Å²) < 4.78 is 5.27. The molecule has 1 fully saturated rings. The third-order valence-electron chi connectivity index (χ3n) is 3.94. The summed E-state index contributed by atoms with van der Waals surface area (Å²) >= 11 is 0. The summed E-state index contributed by atoms with van der Waals surface area (Å²) in [6, 6.07) is 0.287. The highest BCUT2D eigenvalue weighted by Gasteiger charge is 2.31. The van der Waals surface area contributed by atoms with E-state index in [-0.39, 0.29) is 12.0 Å². The van der Waals surface area contributed by atoms with Crippen molar-refractivity contribution in [2.75, 3.05) is 24.2 Å². The standard InChI is InChI=1S/C13H23N5O/c1-3-13(7-5-6-8-13)9-15-11-16-10(14)17-12(18-11)19-4-2/h3-9H2,1-2H3,(H3,14,15,16,17,18). The van der Waals surface area contributed by atoms with Crippen molar-refractivity contribution in [3.05, 3.63) is 0 Å². The molecule has 6 nitrogen and oxygen atoms in total. The first kappa shape index (κ1) is 13.8. The van der Waals surface area contributed by atoms with Gasteiger partial charge in [0.05, 0.1) is 6.61 Å². The average molecular weight is 265 g/mol. The van der Waals surface area contributed by atoms with E-state index in [9.17, 15) is 0 Å². The maximum absolute atomic E-state index is 5.66. The molecule has 0 saturated heterocycles. The third-order valence-corrected chi connectivity index (χ3v) is 3.94. The van der Waals surface area contributed by atoms with Gasteiger partial charge in [-0.05, 0) is 31.6 Å². The van der Waals surface area contributed by atoms with Crippen molar-refractivity contribution in [2.24, 2.45) is 5.41 Å². The van der Waals surface area contributed by atoms with Gasteiger partial charge >= 0.3 is 6.01 Å². The minimum atomic E-state index is 0.193. The molecule has 1 heterocycles. The summed E-state index contributed by atoms with van der Waals surface area (Å²) in [7, 11) is 0. The molecule has 0 radical (unpaired) electrons. The molecular weight excluding hydrogens is 242 g/mol. The van der Waals surface area contributed by atoms with Crippen LogP contribution in [0, 0.1) is 5.41 Å². The van der Waals surface area contributed by atoms with Crippen LogP contribution in [0.3, 0.4) is 0 Å². The number of nitrogens with zero attached hydrogens (tertiary/aromatic N) is 3. The average Bonchev–Trinajstić information content (AvgIpc) is 2.86. The van der Waals surface area contributed by atoms with E-state index >= 15 is 0 Å². The Hall–Kier alpha value is -1.59. The predicted octanol–water partition coefficient (Wildman–Crippen LogP) is 2.23. The van der Waals surface area contributed by atoms with Crippen LogP contribution in [0.25, 0.3) is 0 Å². The SMILES string of the molecule is CCOc1nc(N)nc(NCC2(CC)CCCC2)n1. The second kappa shape index (κ2) is 6.04. The zero-order chi connectivity index (χ0) is 13.7. The van der Waals surface area contributed by atoms with Crippen LogP contribution in [0.4, 0.5) is 11.9 Å².